The van der Waals surface area contributed by atoms with Gasteiger partial charge in [-0.05, 0) is 6.92 Å². The van der Waals surface area contributed by atoms with Crippen LogP contribution in [-0.2, 0) is 9.53 Å². The zero-order chi connectivity index (χ0) is 8.69. The third-order valence-corrected chi connectivity index (χ3v) is 0.729. The molecule has 0 aromatic heterocycles. The molecule has 0 bridgehead atoms. The lowest BCUT2D eigenvalue weighted by Gasteiger charge is -1.92. The van der Waals surface area contributed by atoms with E-state index in [1.807, 2.05) is 0 Å². The van der Waals surface area contributed by atoms with Crippen molar-refractivity contribution in [3.05, 3.63) is 11.8 Å². The van der Waals surface area contributed by atoms with Crippen molar-refractivity contribution < 1.29 is 9.53 Å². The van der Waals surface area contributed by atoms with Gasteiger partial charge in [-0.3, -0.25) is 4.79 Å². The van der Waals surface area contributed by atoms with Crippen molar-refractivity contribution in [1.29, 1.82) is 10.5 Å². The van der Waals surface area contributed by atoms with E-state index in [-0.39, 0.29) is 18.0 Å². The Kier molecular flexibility index (Phi) is 4.19. The van der Waals surface area contributed by atoms with E-state index in [0.717, 1.165) is 6.26 Å². The Morgan fingerprint density at radius 2 is 2.09 bits per heavy atom. The summed E-state index contributed by atoms with van der Waals surface area (Å²) < 4.78 is 4.58. The number of nitrogens with zero attached hydrogens (tertiary/aromatic N) is 2. The van der Waals surface area contributed by atoms with E-state index >= 15 is 0 Å². The Bertz CT molecular complexity index is 239. The van der Waals surface area contributed by atoms with Gasteiger partial charge in [0.15, 0.2) is 11.4 Å². The zero-order valence-electron chi connectivity index (χ0n) is 6.00. The first-order valence-electron chi connectivity index (χ1n) is 2.82. The Morgan fingerprint density at radius 3 is 2.45 bits per heavy atom. The fourth-order valence-corrected chi connectivity index (χ4v) is 0.320. The first-order valence-corrected chi connectivity index (χ1v) is 2.82. The minimum absolute atomic E-state index is 0.104. The first kappa shape index (κ1) is 9.19. The smallest absolute Gasteiger partial charge is 0.167 e. The molecule has 0 amide bonds. The largest absolute Gasteiger partial charge is 0.491 e. The van der Waals surface area contributed by atoms with Gasteiger partial charge in [0.2, 0.25) is 0 Å². The third kappa shape index (κ3) is 4.68. The highest BCUT2D eigenvalue weighted by Crippen LogP contribution is 1.89. The van der Waals surface area contributed by atoms with Crippen LogP contribution in [0.15, 0.2) is 11.8 Å². The molecule has 0 aliphatic carbocycles. The molecular weight excluding hydrogens is 144 g/mol. The van der Waals surface area contributed by atoms with Gasteiger partial charge < -0.3 is 4.74 Å². The zero-order valence-corrected chi connectivity index (χ0v) is 6.00. The Morgan fingerprint density at radius 1 is 1.55 bits per heavy atom. The lowest BCUT2D eigenvalue weighted by molar-refractivity contribution is -0.119. The maximum atomic E-state index is 10.3. The highest BCUT2D eigenvalue weighted by atomic mass is 16.5. The van der Waals surface area contributed by atoms with E-state index in [1.165, 1.54) is 6.92 Å². The maximum Gasteiger partial charge on any atom is 0.167 e. The summed E-state index contributed by atoms with van der Waals surface area (Å²) in [6.07, 6.45) is 0.974. The molecule has 4 nitrogen and oxygen atoms in total. The molecule has 0 saturated carbocycles. The van der Waals surface area contributed by atoms with Crippen molar-refractivity contribution in [2.75, 3.05) is 6.61 Å². The summed E-state index contributed by atoms with van der Waals surface area (Å²) in [5.41, 5.74) is -0.147. The summed E-state index contributed by atoms with van der Waals surface area (Å²) in [5.74, 6) is -0.156. The predicted octanol–water partition coefficient (Wildman–Crippen LogP) is 0.523. The summed E-state index contributed by atoms with van der Waals surface area (Å²) in [6, 6.07) is 3.18. The molecule has 0 fully saturated rings. The number of ketones is 1. The van der Waals surface area contributed by atoms with Crippen LogP contribution in [-0.4, -0.2) is 12.4 Å². The number of allylic oxidation sites excluding steroid dienone is 1. The van der Waals surface area contributed by atoms with E-state index in [1.54, 1.807) is 12.1 Å². The van der Waals surface area contributed by atoms with Crippen LogP contribution in [0, 0.1) is 22.7 Å². The standard InChI is InChI=1S/C7H6N2O2/c1-6(10)4-11-5-7(2-8)3-9/h5H,4H2,1H3. The van der Waals surface area contributed by atoms with Gasteiger partial charge in [-0.2, -0.15) is 10.5 Å². The summed E-state index contributed by atoms with van der Waals surface area (Å²) >= 11 is 0. The fraction of sp³-hybridized carbons (Fsp3) is 0.286. The van der Waals surface area contributed by atoms with Crippen LogP contribution in [0.2, 0.25) is 0 Å². The van der Waals surface area contributed by atoms with Crippen LogP contribution in [0.25, 0.3) is 0 Å². The topological polar surface area (TPSA) is 73.9 Å². The van der Waals surface area contributed by atoms with Gasteiger partial charge in [0.1, 0.15) is 25.0 Å². The minimum atomic E-state index is -0.156. The van der Waals surface area contributed by atoms with E-state index in [9.17, 15) is 4.79 Å². The number of rotatable bonds is 3. The number of hydrogen-bond donors (Lipinski definition) is 0. The molecule has 0 saturated heterocycles. The highest BCUT2D eigenvalue weighted by Gasteiger charge is 1.93. The maximum absolute atomic E-state index is 10.3. The number of ether oxygens (including phenoxy) is 1. The van der Waals surface area contributed by atoms with Crippen LogP contribution in [0.3, 0.4) is 0 Å². The molecule has 0 spiro atoms. The van der Waals surface area contributed by atoms with Gasteiger partial charge in [-0.25, -0.2) is 0 Å². The number of hydrogen-bond acceptors (Lipinski definition) is 4. The molecule has 0 N–H and O–H groups in total. The molecule has 0 aliphatic rings. The second kappa shape index (κ2) is 5.01. The number of carbonyl (C=O) groups is 1. The number of carbonyl (C=O) groups excluding carboxylic acids is 1. The van der Waals surface area contributed by atoms with Gasteiger partial charge in [0.25, 0.3) is 0 Å². The van der Waals surface area contributed by atoms with Crippen LogP contribution in [0.1, 0.15) is 6.92 Å². The molecule has 0 aromatic carbocycles. The monoisotopic (exact) mass is 150 g/mol. The van der Waals surface area contributed by atoms with Crippen LogP contribution in [0.5, 0.6) is 0 Å². The normalized spacial score (nSPS) is 7.18. The molecule has 56 valence electrons. The van der Waals surface area contributed by atoms with Crippen molar-refractivity contribution in [3.63, 3.8) is 0 Å². The third-order valence-electron chi connectivity index (χ3n) is 0.729. The molecule has 0 aliphatic heterocycles. The average molecular weight is 150 g/mol. The van der Waals surface area contributed by atoms with Crippen LogP contribution in [0.4, 0.5) is 0 Å². The summed E-state index contributed by atoms with van der Waals surface area (Å²) in [7, 11) is 0. The quantitative estimate of drug-likeness (QED) is 0.434. The van der Waals surface area contributed by atoms with Gasteiger partial charge in [-0.1, -0.05) is 0 Å². The first-order chi connectivity index (χ1) is 5.20. The van der Waals surface area contributed by atoms with E-state index in [0.29, 0.717) is 0 Å². The Balaban J connectivity index is 3.86. The van der Waals surface area contributed by atoms with Crippen LogP contribution >= 0.6 is 0 Å². The second-order valence-corrected chi connectivity index (χ2v) is 1.77. The molecule has 4 heteroatoms. The van der Waals surface area contributed by atoms with Crippen molar-refractivity contribution in [1.82, 2.24) is 0 Å². The lowest BCUT2D eigenvalue weighted by Crippen LogP contribution is -1.99. The number of Topliss-reactive ketones (excluding diaryl/α,β-unsaturated/α-hetero) is 1. The van der Waals surface area contributed by atoms with Gasteiger partial charge >= 0.3 is 0 Å². The molecular formula is C7H6N2O2. The summed E-state index contributed by atoms with van der Waals surface area (Å²) in [6.45, 7) is 1.25. The summed E-state index contributed by atoms with van der Waals surface area (Å²) in [5, 5.41) is 16.4. The van der Waals surface area contributed by atoms with Crippen molar-refractivity contribution in [2.45, 2.75) is 6.92 Å². The molecule has 0 aromatic rings. The Hall–Kier alpha value is -1.81. The second-order valence-electron chi connectivity index (χ2n) is 1.77. The van der Waals surface area contributed by atoms with Crippen molar-refractivity contribution in [3.8, 4) is 12.1 Å². The minimum Gasteiger partial charge on any atom is -0.491 e. The Labute approximate surface area is 64.3 Å². The van der Waals surface area contributed by atoms with Gasteiger partial charge in [-0.15, -0.1) is 0 Å². The number of nitriles is 2. The molecule has 0 unspecified atom stereocenters. The molecule has 0 radical (unpaired) electrons. The van der Waals surface area contributed by atoms with E-state index in [4.69, 9.17) is 10.5 Å². The lowest BCUT2D eigenvalue weighted by atomic mass is 10.4. The van der Waals surface area contributed by atoms with Crippen LogP contribution < -0.4 is 0 Å². The molecule has 0 rings (SSSR count). The van der Waals surface area contributed by atoms with E-state index < -0.39 is 0 Å². The molecule has 0 heterocycles. The fourth-order valence-electron chi connectivity index (χ4n) is 0.320. The molecule has 0 atom stereocenters. The summed E-state index contributed by atoms with van der Waals surface area (Å²) in [4.78, 5) is 10.3. The molecule has 11 heavy (non-hydrogen) atoms. The SMILES string of the molecule is CC(=O)COC=C(C#N)C#N. The highest BCUT2D eigenvalue weighted by molar-refractivity contribution is 5.76. The van der Waals surface area contributed by atoms with E-state index in [2.05, 4.69) is 4.74 Å². The van der Waals surface area contributed by atoms with Gasteiger partial charge in [0.05, 0.1) is 0 Å². The van der Waals surface area contributed by atoms with Crippen molar-refractivity contribution >= 4 is 5.78 Å². The average Bonchev–Trinajstić information content (AvgIpc) is 1.98. The van der Waals surface area contributed by atoms with Gasteiger partial charge in [0, 0.05) is 0 Å². The van der Waals surface area contributed by atoms with Crippen molar-refractivity contribution in [2.24, 2.45) is 0 Å². The predicted molar refractivity (Wildman–Crippen MR) is 35.9 cm³/mol.